The Bertz CT molecular complexity index is 1110. The van der Waals surface area contributed by atoms with Gasteiger partial charge in [0.1, 0.15) is 28.5 Å². The smallest absolute Gasteiger partial charge is 0.273 e. The van der Waals surface area contributed by atoms with Crippen LogP contribution in [0.25, 0.3) is 5.69 Å². The number of benzene rings is 2. The van der Waals surface area contributed by atoms with Crippen LogP contribution in [0.4, 0.5) is 8.78 Å². The third-order valence-corrected chi connectivity index (χ3v) is 5.33. The first-order valence-corrected chi connectivity index (χ1v) is 9.80. The number of ether oxygens (including phenoxy) is 1. The monoisotopic (exact) mass is 463 g/mol. The van der Waals surface area contributed by atoms with Gasteiger partial charge in [-0.25, -0.2) is 8.78 Å². The van der Waals surface area contributed by atoms with E-state index in [1.54, 1.807) is 17.6 Å². The molecule has 2 aromatic carbocycles. The Morgan fingerprint density at radius 3 is 2.52 bits per heavy atom. The lowest BCUT2D eigenvalue weighted by Gasteiger charge is -2.17. The Morgan fingerprint density at radius 2 is 1.86 bits per heavy atom. The minimum absolute atomic E-state index is 0.0595. The number of aliphatic hydroxyl groups is 1. The van der Waals surface area contributed by atoms with E-state index >= 15 is 0 Å². The molecule has 0 aliphatic heterocycles. The van der Waals surface area contributed by atoms with Gasteiger partial charge in [0.2, 0.25) is 0 Å². The molecule has 0 atom stereocenters. The number of rotatable bonds is 6. The van der Waals surface area contributed by atoms with Crippen molar-refractivity contribution in [2.24, 2.45) is 0 Å². The molecule has 0 fully saturated rings. The van der Waals surface area contributed by atoms with Crippen LogP contribution in [0.15, 0.2) is 51.7 Å². The van der Waals surface area contributed by atoms with E-state index in [1.165, 1.54) is 6.07 Å². The Kier molecular flexibility index (Phi) is 6.49. The topological polar surface area (TPSA) is 51.5 Å². The molecule has 0 bridgehead atoms. The van der Waals surface area contributed by atoms with Crippen LogP contribution in [-0.2, 0) is 13.0 Å². The Labute approximate surface area is 175 Å². The molecular weight excluding hydrogens is 444 g/mol. The number of aliphatic hydroxyl groups excluding tert-OH is 1. The molecule has 3 rings (SSSR count). The second kappa shape index (κ2) is 8.88. The number of aromatic nitrogens is 1. The number of hydrogen-bond donors (Lipinski definition) is 1. The number of nitrogens with zero attached hydrogens (tertiary/aromatic N) is 1. The summed E-state index contributed by atoms with van der Waals surface area (Å²) >= 11 is 3.28. The summed E-state index contributed by atoms with van der Waals surface area (Å²) in [6, 6.07) is 10.6. The SMILES string of the molecule is Cc1cc(CCO)ccc1-n1c(C)cc(OCc2ccc(F)cc2F)c(Br)c1=O. The van der Waals surface area contributed by atoms with E-state index in [-0.39, 0.29) is 34.6 Å². The fraction of sp³-hybridized carbons (Fsp3) is 0.227. The first-order valence-electron chi connectivity index (χ1n) is 9.01. The normalized spacial score (nSPS) is 11.0. The molecule has 7 heteroatoms. The van der Waals surface area contributed by atoms with E-state index < -0.39 is 11.6 Å². The summed E-state index contributed by atoms with van der Waals surface area (Å²) in [6.07, 6.45) is 0.547. The van der Waals surface area contributed by atoms with Crippen LogP contribution in [-0.4, -0.2) is 16.3 Å². The van der Waals surface area contributed by atoms with Gasteiger partial charge in [0.25, 0.3) is 5.56 Å². The Balaban J connectivity index is 1.93. The van der Waals surface area contributed by atoms with Crippen LogP contribution >= 0.6 is 15.9 Å². The molecule has 3 aromatic rings. The molecule has 0 aliphatic carbocycles. The maximum absolute atomic E-state index is 13.8. The highest BCUT2D eigenvalue weighted by atomic mass is 79.9. The highest BCUT2D eigenvalue weighted by Gasteiger charge is 2.16. The van der Waals surface area contributed by atoms with Gasteiger partial charge in [-0.3, -0.25) is 9.36 Å². The molecule has 1 aromatic heterocycles. The lowest BCUT2D eigenvalue weighted by atomic mass is 10.1. The van der Waals surface area contributed by atoms with Crippen molar-refractivity contribution in [2.75, 3.05) is 6.61 Å². The van der Waals surface area contributed by atoms with Gasteiger partial charge in [-0.15, -0.1) is 0 Å². The molecule has 0 radical (unpaired) electrons. The fourth-order valence-electron chi connectivity index (χ4n) is 3.13. The van der Waals surface area contributed by atoms with Gasteiger partial charge in [-0.05, 0) is 65.5 Å². The number of pyridine rings is 1. The molecule has 29 heavy (non-hydrogen) atoms. The molecule has 0 saturated heterocycles. The van der Waals surface area contributed by atoms with Crippen molar-refractivity contribution in [2.45, 2.75) is 26.9 Å². The van der Waals surface area contributed by atoms with E-state index in [9.17, 15) is 13.6 Å². The molecule has 1 heterocycles. The van der Waals surface area contributed by atoms with Crippen molar-refractivity contribution in [3.63, 3.8) is 0 Å². The summed E-state index contributed by atoms with van der Waals surface area (Å²) in [6.45, 7) is 3.60. The fourth-order valence-corrected chi connectivity index (χ4v) is 3.54. The molecule has 4 nitrogen and oxygen atoms in total. The molecule has 0 saturated carbocycles. The molecular formula is C22H20BrF2NO3. The first kappa shape index (κ1) is 21.2. The van der Waals surface area contributed by atoms with Crippen molar-refractivity contribution in [1.29, 1.82) is 0 Å². The van der Waals surface area contributed by atoms with E-state index in [4.69, 9.17) is 9.84 Å². The number of aryl methyl sites for hydroxylation is 2. The maximum atomic E-state index is 13.8. The van der Waals surface area contributed by atoms with Gasteiger partial charge in [-0.2, -0.15) is 0 Å². The van der Waals surface area contributed by atoms with Gasteiger partial charge in [0, 0.05) is 30.0 Å². The Hall–Kier alpha value is -2.51. The van der Waals surface area contributed by atoms with E-state index in [2.05, 4.69) is 15.9 Å². The minimum atomic E-state index is -0.704. The van der Waals surface area contributed by atoms with Crippen LogP contribution in [0.2, 0.25) is 0 Å². The van der Waals surface area contributed by atoms with E-state index in [0.717, 1.165) is 28.9 Å². The molecule has 152 valence electrons. The third kappa shape index (κ3) is 4.57. The average molecular weight is 464 g/mol. The summed E-state index contributed by atoms with van der Waals surface area (Å²) in [7, 11) is 0. The van der Waals surface area contributed by atoms with Crippen molar-refractivity contribution < 1.29 is 18.6 Å². The maximum Gasteiger partial charge on any atom is 0.273 e. The first-order chi connectivity index (χ1) is 13.8. The highest BCUT2D eigenvalue weighted by Crippen LogP contribution is 2.26. The summed E-state index contributed by atoms with van der Waals surface area (Å²) < 4.78 is 34.3. The van der Waals surface area contributed by atoms with Crippen LogP contribution in [0.1, 0.15) is 22.4 Å². The predicted octanol–water partition coefficient (Wildman–Crippen LogP) is 4.61. The van der Waals surface area contributed by atoms with Gasteiger partial charge in [0.15, 0.2) is 0 Å². The zero-order valence-electron chi connectivity index (χ0n) is 16.0. The molecule has 0 amide bonds. The van der Waals surface area contributed by atoms with Crippen molar-refractivity contribution in [1.82, 2.24) is 4.57 Å². The van der Waals surface area contributed by atoms with Crippen molar-refractivity contribution in [3.8, 4) is 11.4 Å². The van der Waals surface area contributed by atoms with Gasteiger partial charge < -0.3 is 9.84 Å². The second-order valence-electron chi connectivity index (χ2n) is 6.72. The van der Waals surface area contributed by atoms with E-state index in [0.29, 0.717) is 12.1 Å². The largest absolute Gasteiger partial charge is 0.487 e. The van der Waals surface area contributed by atoms with Gasteiger partial charge >= 0.3 is 0 Å². The second-order valence-corrected chi connectivity index (χ2v) is 7.52. The molecule has 0 spiro atoms. The molecule has 1 N–H and O–H groups in total. The highest BCUT2D eigenvalue weighted by molar-refractivity contribution is 9.10. The van der Waals surface area contributed by atoms with Gasteiger partial charge in [0.05, 0.1) is 5.69 Å². The summed E-state index contributed by atoms with van der Waals surface area (Å²) in [4.78, 5) is 13.0. The molecule has 0 unspecified atom stereocenters. The minimum Gasteiger partial charge on any atom is -0.487 e. The lowest BCUT2D eigenvalue weighted by molar-refractivity contribution is 0.296. The van der Waals surface area contributed by atoms with Crippen LogP contribution in [0, 0.1) is 25.5 Å². The quantitative estimate of drug-likeness (QED) is 0.580. The molecule has 0 aliphatic rings. The summed E-state index contributed by atoms with van der Waals surface area (Å²) in [5.41, 5.74) is 3.14. The summed E-state index contributed by atoms with van der Waals surface area (Å²) in [5.74, 6) is -1.09. The van der Waals surface area contributed by atoms with Crippen molar-refractivity contribution in [3.05, 3.63) is 91.3 Å². The summed E-state index contributed by atoms with van der Waals surface area (Å²) in [5, 5.41) is 9.10. The average Bonchev–Trinajstić information content (AvgIpc) is 2.66. The number of halogens is 3. The van der Waals surface area contributed by atoms with E-state index in [1.807, 2.05) is 25.1 Å². The Morgan fingerprint density at radius 1 is 1.10 bits per heavy atom. The predicted molar refractivity (Wildman–Crippen MR) is 111 cm³/mol. The van der Waals surface area contributed by atoms with Crippen molar-refractivity contribution >= 4 is 15.9 Å². The van der Waals surface area contributed by atoms with Crippen LogP contribution in [0.5, 0.6) is 5.75 Å². The standard InChI is InChI=1S/C22H20BrF2NO3/c1-13-9-15(7-8-27)3-6-19(13)26-14(2)10-20(21(23)22(26)28)29-12-16-4-5-17(24)11-18(16)25/h3-6,9-11,27H,7-8,12H2,1-2H3. The number of hydrogen-bond acceptors (Lipinski definition) is 3. The van der Waals surface area contributed by atoms with Gasteiger partial charge in [-0.1, -0.05) is 12.1 Å². The van der Waals surface area contributed by atoms with Crippen LogP contribution < -0.4 is 10.3 Å². The van der Waals surface area contributed by atoms with Crippen LogP contribution in [0.3, 0.4) is 0 Å². The lowest BCUT2D eigenvalue weighted by Crippen LogP contribution is -2.23. The zero-order valence-corrected chi connectivity index (χ0v) is 17.6. The zero-order chi connectivity index (χ0) is 21.1. The third-order valence-electron chi connectivity index (χ3n) is 4.60.